The van der Waals surface area contributed by atoms with Crippen molar-refractivity contribution in [2.24, 2.45) is 0 Å². The first kappa shape index (κ1) is 28.6. The molecule has 0 amide bonds. The van der Waals surface area contributed by atoms with E-state index in [2.05, 4.69) is 83.7 Å². The van der Waals surface area contributed by atoms with Crippen molar-refractivity contribution in [3.8, 4) is 0 Å². The van der Waals surface area contributed by atoms with Gasteiger partial charge in [0, 0.05) is 0 Å². The molecule has 0 aliphatic rings. The number of hydrazine groups is 1. The Morgan fingerprint density at radius 3 is 1.55 bits per heavy atom. The van der Waals surface area contributed by atoms with Gasteiger partial charge in [-0.2, -0.15) is 0 Å². The molecule has 0 heterocycles. The van der Waals surface area contributed by atoms with E-state index in [4.69, 9.17) is 18.6 Å². The third-order valence-corrected chi connectivity index (χ3v) is 2.35. The van der Waals surface area contributed by atoms with Gasteiger partial charge in [-0.15, -0.1) is 0 Å². The van der Waals surface area contributed by atoms with Crippen molar-refractivity contribution < 1.29 is 34.5 Å². The van der Waals surface area contributed by atoms with Gasteiger partial charge in [-0.3, -0.25) is 0 Å². The Hall–Kier alpha value is -1.50. The van der Waals surface area contributed by atoms with Crippen LogP contribution in [0.3, 0.4) is 0 Å². The van der Waals surface area contributed by atoms with Crippen molar-refractivity contribution in [1.82, 2.24) is 10.0 Å². The number of hydrogen-bond donors (Lipinski definition) is 0. The van der Waals surface area contributed by atoms with E-state index in [1.165, 1.54) is 10.1 Å². The fourth-order valence-corrected chi connectivity index (χ4v) is 1.65. The van der Waals surface area contributed by atoms with Crippen LogP contribution < -0.4 is 0 Å². The molecule has 6 nitrogen and oxygen atoms in total. The van der Waals surface area contributed by atoms with Crippen LogP contribution in [0.25, 0.3) is 0 Å². The molecule has 22 heavy (non-hydrogen) atoms. The van der Waals surface area contributed by atoms with Crippen LogP contribution in [0.2, 0.25) is 0 Å². The summed E-state index contributed by atoms with van der Waals surface area (Å²) in [6.45, 7) is 21.0. The van der Waals surface area contributed by atoms with Crippen LogP contribution in [0.15, 0.2) is 30.3 Å². The maximum absolute atomic E-state index is 7.50. The Morgan fingerprint density at radius 2 is 1.27 bits per heavy atom. The van der Waals surface area contributed by atoms with Gasteiger partial charge in [0.1, 0.15) is 0 Å². The van der Waals surface area contributed by atoms with E-state index in [-0.39, 0.29) is 0 Å². The Kier molecular flexibility index (Phi) is 31.9. The van der Waals surface area contributed by atoms with Crippen LogP contribution in [0, 0.1) is 26.6 Å². The van der Waals surface area contributed by atoms with Gasteiger partial charge in [0.2, 0.25) is 0 Å². The van der Waals surface area contributed by atoms with Crippen LogP contribution in [0.5, 0.6) is 0 Å². The molecule has 0 saturated heterocycles. The molecule has 0 aliphatic heterocycles. The normalized spacial score (nSPS) is 7.32. The van der Waals surface area contributed by atoms with Crippen molar-refractivity contribution in [1.29, 1.82) is 0 Å². The Balaban J connectivity index is -0.000000175. The first-order valence-corrected chi connectivity index (χ1v) is 6.06. The predicted octanol–water partition coefficient (Wildman–Crippen LogP) is 1.51. The number of benzene rings is 1. The molecule has 1 aromatic carbocycles. The van der Waals surface area contributed by atoms with Crippen molar-refractivity contribution in [2.75, 3.05) is 14.1 Å². The van der Waals surface area contributed by atoms with E-state index in [9.17, 15) is 0 Å². The topological polar surface area (TPSA) is 86.1 Å². The molecule has 0 N–H and O–H groups in total. The third kappa shape index (κ3) is 16.6. The SMILES string of the molecule is C[C](=[Cr])N(Cc1ccccc1)N(C)C.[C-]#[O+].[C-]#[O+].[C-]#[O+].[C-]#[O+]. The fraction of sp³-hybridized carbons (Fsp3) is 0.267. The molecule has 0 bridgehead atoms. The van der Waals surface area contributed by atoms with E-state index in [1.807, 2.05) is 20.2 Å². The molecule has 7 heteroatoms. The Labute approximate surface area is 139 Å². The van der Waals surface area contributed by atoms with Crippen LogP contribution in [-0.2, 0) is 41.0 Å². The predicted molar refractivity (Wildman–Crippen MR) is 72.1 cm³/mol. The monoisotopic (exact) mass is 340 g/mol. The van der Waals surface area contributed by atoms with Crippen LogP contribution in [0.4, 0.5) is 0 Å². The van der Waals surface area contributed by atoms with Gasteiger partial charge in [-0.1, -0.05) is 0 Å². The molecule has 1 aromatic rings. The van der Waals surface area contributed by atoms with Gasteiger partial charge in [-0.25, -0.2) is 0 Å². The molecule has 0 saturated carbocycles. The van der Waals surface area contributed by atoms with Crippen molar-refractivity contribution >= 4 is 4.50 Å². The second kappa shape index (κ2) is 24.5. The molecule has 0 radical (unpaired) electrons. The van der Waals surface area contributed by atoms with Gasteiger partial charge in [0.15, 0.2) is 0 Å². The molecular weight excluding hydrogens is 324 g/mol. The van der Waals surface area contributed by atoms with Crippen LogP contribution in [-0.4, -0.2) is 28.6 Å². The molecule has 0 aliphatic carbocycles. The number of nitrogens with zero attached hydrogens (tertiary/aromatic N) is 2. The van der Waals surface area contributed by atoms with Gasteiger partial charge in [0.05, 0.1) is 0 Å². The molecule has 0 atom stereocenters. The standard InChI is InChI=1S/C11H16N2.4CO.Cr/c1-4-13(12(2)3)10-11-8-6-5-7-9-11;4*1-2;/h5-9H,10H2,1-3H3;;;;;. The van der Waals surface area contributed by atoms with Crippen molar-refractivity contribution in [3.63, 3.8) is 0 Å². The van der Waals surface area contributed by atoms with E-state index >= 15 is 0 Å². The molecule has 116 valence electrons. The van der Waals surface area contributed by atoms with Crippen molar-refractivity contribution in [2.45, 2.75) is 13.5 Å². The molecule has 0 fully saturated rings. The average Bonchev–Trinajstić information content (AvgIpc) is 2.60. The first-order chi connectivity index (χ1) is 10.6. The third-order valence-electron chi connectivity index (χ3n) is 2.02. The number of hydrogen-bond acceptors (Lipinski definition) is 2. The molecule has 1 rings (SSSR count). The average molecular weight is 340 g/mol. The van der Waals surface area contributed by atoms with Gasteiger partial charge < -0.3 is 0 Å². The zero-order valence-electron chi connectivity index (χ0n) is 12.5. The van der Waals surface area contributed by atoms with Gasteiger partial charge in [0.25, 0.3) is 0 Å². The van der Waals surface area contributed by atoms with E-state index in [1.54, 1.807) is 0 Å². The van der Waals surface area contributed by atoms with Gasteiger partial charge in [-0.05, 0) is 0 Å². The van der Waals surface area contributed by atoms with E-state index in [0.717, 1.165) is 6.54 Å². The fourth-order valence-electron chi connectivity index (χ4n) is 1.29. The summed E-state index contributed by atoms with van der Waals surface area (Å²) in [5.41, 5.74) is 1.32. The zero-order valence-corrected chi connectivity index (χ0v) is 13.8. The summed E-state index contributed by atoms with van der Waals surface area (Å²) in [6.07, 6.45) is 0. The summed E-state index contributed by atoms with van der Waals surface area (Å²) in [5, 5.41) is 4.27. The van der Waals surface area contributed by atoms with Gasteiger partial charge >= 0.3 is 139 Å². The maximum atomic E-state index is 7.50. The van der Waals surface area contributed by atoms with E-state index in [0.29, 0.717) is 0 Å². The summed E-state index contributed by atoms with van der Waals surface area (Å²) in [5.74, 6) is 0. The zero-order chi connectivity index (χ0) is 18.6. The van der Waals surface area contributed by atoms with Crippen LogP contribution in [0.1, 0.15) is 12.5 Å². The molecule has 0 spiro atoms. The summed E-state index contributed by atoms with van der Waals surface area (Å²) in [4.78, 5) is 0. The minimum absolute atomic E-state index is 0.909. The molecular formula is C15H16CrN2O4. The molecule has 0 unspecified atom stereocenters. The summed E-state index contributed by atoms with van der Waals surface area (Å²) < 4.78 is 31.2. The quantitative estimate of drug-likeness (QED) is 0.473. The second-order valence-corrected chi connectivity index (χ2v) is 4.33. The van der Waals surface area contributed by atoms with Crippen LogP contribution >= 0.6 is 0 Å². The summed E-state index contributed by atoms with van der Waals surface area (Å²) >= 11 is 3.04. The second-order valence-electron chi connectivity index (χ2n) is 3.41. The minimum atomic E-state index is 0.909. The van der Waals surface area contributed by atoms with E-state index < -0.39 is 0 Å². The molecule has 0 aromatic heterocycles. The van der Waals surface area contributed by atoms with Crippen molar-refractivity contribution in [3.05, 3.63) is 62.5 Å². The number of rotatable bonds is 4. The summed E-state index contributed by atoms with van der Waals surface area (Å²) in [7, 11) is 4.09. The Bertz CT molecular complexity index is 429. The first-order valence-electron chi connectivity index (χ1n) is 5.42. The Morgan fingerprint density at radius 1 is 0.909 bits per heavy atom. The summed E-state index contributed by atoms with van der Waals surface area (Å²) in [6, 6.07) is 10.5.